The quantitative estimate of drug-likeness (QED) is 0.384. The van der Waals surface area contributed by atoms with Crippen LogP contribution in [0.5, 0.6) is 0 Å². The van der Waals surface area contributed by atoms with E-state index in [1.807, 2.05) is 22.6 Å². The third-order valence-corrected chi connectivity index (χ3v) is 4.55. The highest BCUT2D eigenvalue weighted by atomic mass is 127. The summed E-state index contributed by atoms with van der Waals surface area (Å²) in [4.78, 5) is 38.3. The van der Waals surface area contributed by atoms with Crippen molar-refractivity contribution in [3.05, 3.63) is 37.4 Å². The number of carbonyl (C=O) groups excluding carboxylic acids is 2. The Morgan fingerprint density at radius 1 is 1.16 bits per heavy atom. The van der Waals surface area contributed by atoms with Crippen molar-refractivity contribution < 1.29 is 19.2 Å². The molecule has 0 unspecified atom stereocenters. The van der Waals surface area contributed by atoms with Crippen molar-refractivity contribution in [1.29, 1.82) is 0 Å². The lowest BCUT2D eigenvalue weighted by atomic mass is 10.1. The average molecular weight is 461 g/mol. The van der Waals surface area contributed by atoms with Gasteiger partial charge < -0.3 is 14.5 Å². The van der Waals surface area contributed by atoms with Gasteiger partial charge in [-0.2, -0.15) is 0 Å². The van der Waals surface area contributed by atoms with Crippen LogP contribution in [0.25, 0.3) is 0 Å². The smallest absolute Gasteiger partial charge is 0.410 e. The van der Waals surface area contributed by atoms with E-state index in [9.17, 15) is 19.7 Å². The lowest BCUT2D eigenvalue weighted by molar-refractivity contribution is -0.384. The summed E-state index contributed by atoms with van der Waals surface area (Å²) in [6, 6.07) is 4.23. The van der Waals surface area contributed by atoms with Gasteiger partial charge in [-0.1, -0.05) is 0 Å². The predicted molar refractivity (Wildman–Crippen MR) is 99.5 cm³/mol. The second-order valence-corrected chi connectivity index (χ2v) is 7.84. The fourth-order valence-electron chi connectivity index (χ4n) is 2.38. The number of hydrogen-bond donors (Lipinski definition) is 0. The first-order valence-corrected chi connectivity index (χ1v) is 8.87. The van der Waals surface area contributed by atoms with Crippen LogP contribution in [0.15, 0.2) is 18.2 Å². The van der Waals surface area contributed by atoms with Gasteiger partial charge in [0.1, 0.15) is 5.60 Å². The molecule has 1 aromatic rings. The molecule has 2 rings (SSSR count). The number of nitrogens with zero attached hydrogens (tertiary/aromatic N) is 3. The third kappa shape index (κ3) is 5.03. The van der Waals surface area contributed by atoms with Gasteiger partial charge in [0.2, 0.25) is 0 Å². The first-order chi connectivity index (χ1) is 11.6. The summed E-state index contributed by atoms with van der Waals surface area (Å²) in [5, 5.41) is 10.9. The van der Waals surface area contributed by atoms with Gasteiger partial charge in [0.05, 0.1) is 10.5 Å². The van der Waals surface area contributed by atoms with Gasteiger partial charge in [-0.3, -0.25) is 14.9 Å². The molecule has 25 heavy (non-hydrogen) atoms. The summed E-state index contributed by atoms with van der Waals surface area (Å²) in [5.41, 5.74) is -0.375. The summed E-state index contributed by atoms with van der Waals surface area (Å²) < 4.78 is 5.98. The summed E-state index contributed by atoms with van der Waals surface area (Å²) in [6.45, 7) is 6.85. The normalized spacial score (nSPS) is 15.0. The topological polar surface area (TPSA) is 93.0 Å². The molecule has 1 fully saturated rings. The van der Waals surface area contributed by atoms with E-state index in [0.717, 1.165) is 0 Å². The van der Waals surface area contributed by atoms with Gasteiger partial charge in [-0.25, -0.2) is 4.79 Å². The number of nitro groups is 1. The molecule has 0 bridgehead atoms. The lowest BCUT2D eigenvalue weighted by Gasteiger charge is -2.35. The second-order valence-electron chi connectivity index (χ2n) is 6.68. The maximum Gasteiger partial charge on any atom is 0.410 e. The van der Waals surface area contributed by atoms with Crippen molar-refractivity contribution in [2.45, 2.75) is 26.4 Å². The third-order valence-electron chi connectivity index (χ3n) is 3.61. The number of ether oxygens (including phenoxy) is 1. The number of carbonyl (C=O) groups is 2. The van der Waals surface area contributed by atoms with E-state index in [-0.39, 0.29) is 11.6 Å². The molecule has 8 nitrogen and oxygen atoms in total. The highest BCUT2D eigenvalue weighted by Gasteiger charge is 2.29. The molecule has 136 valence electrons. The molecule has 1 aliphatic rings. The number of nitro benzene ring substituents is 1. The number of non-ortho nitro benzene ring substituents is 1. The van der Waals surface area contributed by atoms with Crippen LogP contribution in [0.3, 0.4) is 0 Å². The van der Waals surface area contributed by atoms with Gasteiger partial charge in [0.15, 0.2) is 0 Å². The Hall–Kier alpha value is -1.91. The molecule has 9 heteroatoms. The molecule has 0 N–H and O–H groups in total. The summed E-state index contributed by atoms with van der Waals surface area (Å²) in [6.07, 6.45) is -0.399. The maximum absolute atomic E-state index is 12.7. The van der Waals surface area contributed by atoms with Gasteiger partial charge in [-0.05, 0) is 49.4 Å². The zero-order chi connectivity index (χ0) is 18.8. The monoisotopic (exact) mass is 461 g/mol. The molecular weight excluding hydrogens is 441 g/mol. The van der Waals surface area contributed by atoms with E-state index in [1.54, 1.807) is 36.6 Å². The maximum atomic E-state index is 12.7. The predicted octanol–water partition coefficient (Wildman–Crippen LogP) is 2.89. The van der Waals surface area contributed by atoms with E-state index in [2.05, 4.69) is 0 Å². The van der Waals surface area contributed by atoms with Crippen molar-refractivity contribution in [1.82, 2.24) is 9.80 Å². The minimum absolute atomic E-state index is 0.115. The van der Waals surface area contributed by atoms with Crippen molar-refractivity contribution in [2.24, 2.45) is 0 Å². The fourth-order valence-corrected chi connectivity index (χ4v) is 2.95. The SMILES string of the molecule is CC(C)(C)OC(=O)N1CCN(C(=O)c2cc([N+](=O)[O-])ccc2I)CC1. The highest BCUT2D eigenvalue weighted by molar-refractivity contribution is 14.1. The number of amides is 2. The Morgan fingerprint density at radius 2 is 1.72 bits per heavy atom. The summed E-state index contributed by atoms with van der Waals surface area (Å²) in [7, 11) is 0. The van der Waals surface area contributed by atoms with Gasteiger partial charge in [-0.15, -0.1) is 0 Å². The molecule has 0 radical (unpaired) electrons. The van der Waals surface area contributed by atoms with Crippen LogP contribution in [-0.2, 0) is 4.74 Å². The van der Waals surface area contributed by atoms with Crippen LogP contribution in [0.1, 0.15) is 31.1 Å². The van der Waals surface area contributed by atoms with E-state index in [0.29, 0.717) is 35.3 Å². The molecule has 1 aromatic carbocycles. The molecule has 0 saturated carbocycles. The fraction of sp³-hybridized carbons (Fsp3) is 0.500. The van der Waals surface area contributed by atoms with Crippen molar-refractivity contribution >= 4 is 40.3 Å². The van der Waals surface area contributed by atoms with E-state index < -0.39 is 16.6 Å². The Balaban J connectivity index is 2.03. The van der Waals surface area contributed by atoms with Gasteiger partial charge >= 0.3 is 6.09 Å². The van der Waals surface area contributed by atoms with Crippen LogP contribution < -0.4 is 0 Å². The zero-order valence-corrected chi connectivity index (χ0v) is 16.5. The molecule has 1 heterocycles. The van der Waals surface area contributed by atoms with Crippen LogP contribution in [0, 0.1) is 13.7 Å². The van der Waals surface area contributed by atoms with Crippen LogP contribution in [-0.4, -0.2) is 58.5 Å². The summed E-state index contributed by atoms with van der Waals surface area (Å²) in [5.74, 6) is -0.267. The van der Waals surface area contributed by atoms with Gasteiger partial charge in [0, 0.05) is 41.9 Å². The van der Waals surface area contributed by atoms with E-state index in [1.165, 1.54) is 12.1 Å². The molecule has 1 aliphatic heterocycles. The number of hydrogen-bond acceptors (Lipinski definition) is 5. The molecule has 1 saturated heterocycles. The largest absolute Gasteiger partial charge is 0.444 e. The van der Waals surface area contributed by atoms with Gasteiger partial charge in [0.25, 0.3) is 11.6 Å². The zero-order valence-electron chi connectivity index (χ0n) is 14.3. The van der Waals surface area contributed by atoms with Crippen LogP contribution in [0.2, 0.25) is 0 Å². The Kier molecular flexibility index (Phi) is 5.86. The second kappa shape index (κ2) is 7.54. The minimum Gasteiger partial charge on any atom is -0.444 e. The number of halogens is 1. The first-order valence-electron chi connectivity index (χ1n) is 7.79. The number of piperazine rings is 1. The molecule has 0 spiro atoms. The Morgan fingerprint density at radius 3 is 2.24 bits per heavy atom. The molecule has 0 atom stereocenters. The van der Waals surface area contributed by atoms with Crippen molar-refractivity contribution in [2.75, 3.05) is 26.2 Å². The number of rotatable bonds is 2. The van der Waals surface area contributed by atoms with Crippen LogP contribution in [0.4, 0.5) is 10.5 Å². The van der Waals surface area contributed by atoms with E-state index >= 15 is 0 Å². The first kappa shape index (κ1) is 19.4. The molecular formula is C16H20IN3O5. The number of benzene rings is 1. The molecule has 0 aliphatic carbocycles. The highest BCUT2D eigenvalue weighted by Crippen LogP contribution is 2.22. The standard InChI is InChI=1S/C16H20IN3O5/c1-16(2,3)25-15(22)19-8-6-18(7-9-19)14(21)12-10-11(20(23)24)4-5-13(12)17/h4-5,10H,6-9H2,1-3H3. The van der Waals surface area contributed by atoms with Crippen molar-refractivity contribution in [3.63, 3.8) is 0 Å². The average Bonchev–Trinajstić information content (AvgIpc) is 2.53. The minimum atomic E-state index is -0.566. The van der Waals surface area contributed by atoms with Crippen molar-refractivity contribution in [3.8, 4) is 0 Å². The summed E-state index contributed by atoms with van der Waals surface area (Å²) >= 11 is 1.99. The Bertz CT molecular complexity index is 694. The Labute approximate surface area is 159 Å². The molecule has 0 aromatic heterocycles. The lowest BCUT2D eigenvalue weighted by Crippen LogP contribution is -2.51. The molecule has 2 amide bonds. The van der Waals surface area contributed by atoms with Crippen LogP contribution >= 0.6 is 22.6 Å². The van der Waals surface area contributed by atoms with E-state index in [4.69, 9.17) is 4.74 Å².